The van der Waals surface area contributed by atoms with Gasteiger partial charge in [-0.25, -0.2) is 0 Å². The van der Waals surface area contributed by atoms with Crippen molar-refractivity contribution in [2.75, 3.05) is 13.2 Å². The van der Waals surface area contributed by atoms with Crippen molar-refractivity contribution < 1.29 is 23.0 Å². The maximum absolute atomic E-state index is 12.4. The third-order valence-electron chi connectivity index (χ3n) is 2.48. The predicted octanol–water partition coefficient (Wildman–Crippen LogP) is 3.10. The molecule has 0 amide bonds. The van der Waals surface area contributed by atoms with Gasteiger partial charge < -0.3 is 9.84 Å². The van der Waals surface area contributed by atoms with Crippen LogP contribution in [0.4, 0.5) is 13.2 Å². The molecular weight excluding hydrogens is 233 g/mol. The molecule has 0 aliphatic carbocycles. The lowest BCUT2D eigenvalue weighted by atomic mass is 10.1. The van der Waals surface area contributed by atoms with E-state index < -0.39 is 11.7 Å². The third kappa shape index (κ3) is 4.26. The van der Waals surface area contributed by atoms with Gasteiger partial charge >= 0.3 is 6.18 Å². The van der Waals surface area contributed by atoms with Gasteiger partial charge in [0.05, 0.1) is 12.2 Å². The van der Waals surface area contributed by atoms with Crippen LogP contribution in [-0.2, 0) is 6.18 Å². The minimum absolute atomic E-state index is 0.0323. The van der Waals surface area contributed by atoms with Gasteiger partial charge in [-0.3, -0.25) is 0 Å². The SMILES string of the molecule is CCC(CO)COc1cccc(C(F)(F)F)c1. The first-order valence-electron chi connectivity index (χ1n) is 5.38. The Morgan fingerprint density at radius 2 is 2.06 bits per heavy atom. The van der Waals surface area contributed by atoms with Crippen LogP contribution in [0.15, 0.2) is 24.3 Å². The van der Waals surface area contributed by atoms with Crippen molar-refractivity contribution in [2.24, 2.45) is 5.92 Å². The van der Waals surface area contributed by atoms with Crippen LogP contribution in [0.25, 0.3) is 0 Å². The van der Waals surface area contributed by atoms with Crippen LogP contribution in [0.2, 0.25) is 0 Å². The van der Waals surface area contributed by atoms with E-state index in [-0.39, 0.29) is 24.9 Å². The number of benzene rings is 1. The molecule has 0 radical (unpaired) electrons. The first kappa shape index (κ1) is 13.8. The van der Waals surface area contributed by atoms with E-state index in [2.05, 4.69) is 0 Å². The van der Waals surface area contributed by atoms with Crippen LogP contribution in [0.3, 0.4) is 0 Å². The summed E-state index contributed by atoms with van der Waals surface area (Å²) in [6, 6.07) is 4.73. The topological polar surface area (TPSA) is 29.5 Å². The number of ether oxygens (including phenoxy) is 1. The summed E-state index contributed by atoms with van der Waals surface area (Å²) in [6.45, 7) is 2.07. The second kappa shape index (κ2) is 5.91. The fourth-order valence-electron chi connectivity index (χ4n) is 1.28. The van der Waals surface area contributed by atoms with Gasteiger partial charge in [0.2, 0.25) is 0 Å². The maximum Gasteiger partial charge on any atom is 0.416 e. The molecule has 5 heteroatoms. The molecule has 0 saturated heterocycles. The number of hydrogen-bond acceptors (Lipinski definition) is 2. The Bertz CT molecular complexity index is 346. The van der Waals surface area contributed by atoms with Crippen LogP contribution in [0.1, 0.15) is 18.9 Å². The molecule has 1 rings (SSSR count). The van der Waals surface area contributed by atoms with Crippen molar-refractivity contribution in [1.29, 1.82) is 0 Å². The molecule has 2 nitrogen and oxygen atoms in total. The Morgan fingerprint density at radius 3 is 2.59 bits per heavy atom. The molecule has 1 N–H and O–H groups in total. The van der Waals surface area contributed by atoms with Crippen LogP contribution < -0.4 is 4.74 Å². The number of rotatable bonds is 5. The molecule has 0 aliphatic rings. The van der Waals surface area contributed by atoms with Gasteiger partial charge in [0, 0.05) is 12.5 Å². The Kier molecular flexibility index (Phi) is 4.81. The quantitative estimate of drug-likeness (QED) is 0.867. The molecule has 1 aromatic rings. The molecule has 0 bridgehead atoms. The molecule has 0 saturated carbocycles. The summed E-state index contributed by atoms with van der Waals surface area (Å²) in [7, 11) is 0. The first-order valence-corrected chi connectivity index (χ1v) is 5.38. The lowest BCUT2D eigenvalue weighted by Gasteiger charge is -2.14. The average molecular weight is 248 g/mol. The Morgan fingerprint density at radius 1 is 1.35 bits per heavy atom. The number of hydrogen-bond donors (Lipinski definition) is 1. The summed E-state index contributed by atoms with van der Waals surface area (Å²) in [5, 5.41) is 8.93. The van der Waals surface area contributed by atoms with Crippen molar-refractivity contribution in [3.05, 3.63) is 29.8 Å². The molecule has 17 heavy (non-hydrogen) atoms. The fraction of sp³-hybridized carbons (Fsp3) is 0.500. The van der Waals surface area contributed by atoms with E-state index in [9.17, 15) is 13.2 Å². The molecule has 0 fully saturated rings. The van der Waals surface area contributed by atoms with Crippen molar-refractivity contribution in [3.8, 4) is 5.75 Å². The summed E-state index contributed by atoms with van der Waals surface area (Å²) in [4.78, 5) is 0. The zero-order valence-corrected chi connectivity index (χ0v) is 9.50. The molecule has 0 aromatic heterocycles. The Balaban J connectivity index is 2.66. The summed E-state index contributed by atoms with van der Waals surface area (Å²) in [5.41, 5.74) is -0.730. The fourth-order valence-corrected chi connectivity index (χ4v) is 1.28. The molecule has 1 aromatic carbocycles. The standard InChI is InChI=1S/C12H15F3O2/c1-2-9(7-16)8-17-11-5-3-4-10(6-11)12(13,14)15/h3-6,9,16H,2,7-8H2,1H3. The minimum Gasteiger partial charge on any atom is -0.493 e. The normalized spacial score (nSPS) is 13.5. The monoisotopic (exact) mass is 248 g/mol. The van der Waals surface area contributed by atoms with Crippen LogP contribution >= 0.6 is 0 Å². The van der Waals surface area contributed by atoms with Crippen molar-refractivity contribution >= 4 is 0 Å². The molecule has 1 unspecified atom stereocenters. The number of aliphatic hydroxyl groups excluding tert-OH is 1. The lowest BCUT2D eigenvalue weighted by molar-refractivity contribution is -0.137. The average Bonchev–Trinajstić information content (AvgIpc) is 2.30. The molecule has 96 valence electrons. The summed E-state index contributed by atoms with van der Waals surface area (Å²) < 4.78 is 42.4. The largest absolute Gasteiger partial charge is 0.493 e. The van der Waals surface area contributed by atoms with Gasteiger partial charge in [0.25, 0.3) is 0 Å². The summed E-state index contributed by atoms with van der Waals surface area (Å²) in [5.74, 6) is 0.122. The van der Waals surface area contributed by atoms with E-state index in [0.717, 1.165) is 18.6 Å². The molecular formula is C12H15F3O2. The predicted molar refractivity (Wildman–Crippen MR) is 57.8 cm³/mol. The zero-order valence-electron chi connectivity index (χ0n) is 9.50. The highest BCUT2D eigenvalue weighted by molar-refractivity contribution is 5.30. The van der Waals surface area contributed by atoms with Gasteiger partial charge in [0.1, 0.15) is 5.75 Å². The van der Waals surface area contributed by atoms with Gasteiger partial charge in [-0.1, -0.05) is 13.0 Å². The van der Waals surface area contributed by atoms with Crippen molar-refractivity contribution in [3.63, 3.8) is 0 Å². The van der Waals surface area contributed by atoms with Gasteiger partial charge in [-0.05, 0) is 24.6 Å². The Labute approximate surface area is 98.0 Å². The summed E-state index contributed by atoms with van der Waals surface area (Å²) in [6.07, 6.45) is -3.64. The van der Waals surface area contributed by atoms with Crippen LogP contribution in [-0.4, -0.2) is 18.3 Å². The summed E-state index contributed by atoms with van der Waals surface area (Å²) >= 11 is 0. The maximum atomic E-state index is 12.4. The first-order chi connectivity index (χ1) is 7.97. The highest BCUT2D eigenvalue weighted by Gasteiger charge is 2.30. The number of halogens is 3. The molecule has 0 spiro atoms. The zero-order chi connectivity index (χ0) is 12.9. The van der Waals surface area contributed by atoms with E-state index in [4.69, 9.17) is 9.84 Å². The van der Waals surface area contributed by atoms with E-state index in [1.165, 1.54) is 12.1 Å². The van der Waals surface area contributed by atoms with Gasteiger partial charge in [0.15, 0.2) is 0 Å². The molecule has 0 aliphatic heterocycles. The Hall–Kier alpha value is -1.23. The number of alkyl halides is 3. The third-order valence-corrected chi connectivity index (χ3v) is 2.48. The smallest absolute Gasteiger partial charge is 0.416 e. The van der Waals surface area contributed by atoms with Crippen LogP contribution in [0.5, 0.6) is 5.75 Å². The minimum atomic E-state index is -4.36. The second-order valence-corrected chi connectivity index (χ2v) is 3.79. The van der Waals surface area contributed by atoms with E-state index in [0.29, 0.717) is 0 Å². The van der Waals surface area contributed by atoms with Gasteiger partial charge in [-0.2, -0.15) is 13.2 Å². The van der Waals surface area contributed by atoms with Gasteiger partial charge in [-0.15, -0.1) is 0 Å². The molecule has 0 heterocycles. The van der Waals surface area contributed by atoms with Crippen LogP contribution in [0, 0.1) is 5.92 Å². The van der Waals surface area contributed by atoms with E-state index in [1.54, 1.807) is 0 Å². The molecule has 1 atom stereocenters. The number of aliphatic hydroxyl groups is 1. The van der Waals surface area contributed by atoms with Crippen molar-refractivity contribution in [1.82, 2.24) is 0 Å². The highest BCUT2D eigenvalue weighted by atomic mass is 19.4. The highest BCUT2D eigenvalue weighted by Crippen LogP contribution is 2.31. The van der Waals surface area contributed by atoms with E-state index in [1.807, 2.05) is 6.92 Å². The van der Waals surface area contributed by atoms with E-state index >= 15 is 0 Å². The lowest BCUT2D eigenvalue weighted by Crippen LogP contribution is -2.15. The second-order valence-electron chi connectivity index (χ2n) is 3.79. The van der Waals surface area contributed by atoms with Crippen molar-refractivity contribution in [2.45, 2.75) is 19.5 Å².